The molecule has 0 amide bonds. The summed E-state index contributed by atoms with van der Waals surface area (Å²) in [6.07, 6.45) is 31.3. The van der Waals surface area contributed by atoms with Crippen LogP contribution in [0.15, 0.2) is 0 Å². The Morgan fingerprint density at radius 3 is 1.12 bits per heavy atom. The van der Waals surface area contributed by atoms with Crippen LogP contribution in [0.1, 0.15) is 207 Å². The number of unbranched alkanes of at least 4 members (excludes halogenated alkanes) is 16. The largest absolute Gasteiger partial charge is 0.462 e. The number of rotatable bonds is 41. The van der Waals surface area contributed by atoms with Crippen LogP contribution in [-0.4, -0.2) is 76.6 Å². The predicted octanol–water partition coefficient (Wildman–Crippen LogP) is 12.2. The third-order valence-electron chi connectivity index (χ3n) is 9.42. The van der Waals surface area contributed by atoms with Gasteiger partial charge in [0.15, 0.2) is 12.6 Å². The van der Waals surface area contributed by atoms with E-state index in [-0.39, 0.29) is 24.7 Å². The predicted molar refractivity (Wildman–Crippen MR) is 212 cm³/mol. The summed E-state index contributed by atoms with van der Waals surface area (Å²) in [5.41, 5.74) is 0. The molecule has 0 aliphatic carbocycles. The van der Waals surface area contributed by atoms with Crippen molar-refractivity contribution < 1.29 is 28.5 Å². The molecule has 0 radical (unpaired) electrons. The maximum Gasteiger partial charge on any atom is 0.306 e. The molecule has 0 bridgehead atoms. The summed E-state index contributed by atoms with van der Waals surface area (Å²) in [5.74, 6) is -0.0234. The van der Waals surface area contributed by atoms with Crippen LogP contribution in [0, 0.1) is 0 Å². The first-order chi connectivity index (χ1) is 24.5. The summed E-state index contributed by atoms with van der Waals surface area (Å²) in [5, 5.41) is 0. The zero-order valence-electron chi connectivity index (χ0n) is 34.5. The van der Waals surface area contributed by atoms with Gasteiger partial charge in [0.25, 0.3) is 0 Å². The van der Waals surface area contributed by atoms with Crippen molar-refractivity contribution in [3.8, 4) is 0 Å². The second-order valence-electron chi connectivity index (χ2n) is 14.9. The number of carbonyl (C=O) groups is 1. The average Bonchev–Trinajstić information content (AvgIpc) is 3.10. The third kappa shape index (κ3) is 35.7. The van der Waals surface area contributed by atoms with Crippen LogP contribution in [0.5, 0.6) is 0 Å². The third-order valence-corrected chi connectivity index (χ3v) is 9.42. The molecule has 50 heavy (non-hydrogen) atoms. The minimum Gasteiger partial charge on any atom is -0.462 e. The molecule has 0 spiro atoms. The molecule has 0 rings (SSSR count). The lowest BCUT2D eigenvalue weighted by Gasteiger charge is -2.20. The second kappa shape index (κ2) is 39.5. The van der Waals surface area contributed by atoms with Crippen molar-refractivity contribution in [2.75, 3.05) is 47.1 Å². The Hall–Kier alpha value is -0.730. The van der Waals surface area contributed by atoms with Crippen LogP contribution in [0.4, 0.5) is 0 Å². The topological polar surface area (TPSA) is 66.5 Å². The standard InChI is InChI=1S/C43H87NO6/c1-7-11-25-36-46-42(47-37-26-12-8-2)33-23-19-15-17-21-30-40(50-41(45)32-29-35-44(5)6)31-22-18-16-20-24-34-43(48-38-27-13-9-3)49-39-28-14-10-4/h40,42-43H,7-39H2,1-6H3. The van der Waals surface area contributed by atoms with E-state index in [4.69, 9.17) is 23.7 Å². The molecule has 7 nitrogen and oxygen atoms in total. The maximum atomic E-state index is 12.7. The molecular formula is C43H87NO6. The zero-order chi connectivity index (χ0) is 36.8. The van der Waals surface area contributed by atoms with E-state index in [0.29, 0.717) is 6.42 Å². The Bertz CT molecular complexity index is 612. The Kier molecular flexibility index (Phi) is 38.9. The maximum absolute atomic E-state index is 12.7. The summed E-state index contributed by atoms with van der Waals surface area (Å²) in [6, 6.07) is 0. The summed E-state index contributed by atoms with van der Waals surface area (Å²) >= 11 is 0. The number of esters is 1. The van der Waals surface area contributed by atoms with E-state index < -0.39 is 0 Å². The second-order valence-corrected chi connectivity index (χ2v) is 14.9. The average molecular weight is 714 g/mol. The molecule has 0 saturated carbocycles. The van der Waals surface area contributed by atoms with E-state index in [0.717, 1.165) is 116 Å². The van der Waals surface area contributed by atoms with E-state index in [1.165, 1.54) is 89.9 Å². The Morgan fingerprint density at radius 2 is 0.780 bits per heavy atom. The van der Waals surface area contributed by atoms with E-state index in [1.807, 2.05) is 0 Å². The van der Waals surface area contributed by atoms with Gasteiger partial charge in [-0.05, 0) is 104 Å². The van der Waals surface area contributed by atoms with Crippen LogP contribution in [0.25, 0.3) is 0 Å². The van der Waals surface area contributed by atoms with Gasteiger partial charge in [-0.1, -0.05) is 118 Å². The molecule has 0 aromatic carbocycles. The first-order valence-electron chi connectivity index (χ1n) is 21.8. The van der Waals surface area contributed by atoms with Gasteiger partial charge in [0, 0.05) is 32.8 Å². The van der Waals surface area contributed by atoms with Gasteiger partial charge < -0.3 is 28.6 Å². The van der Waals surface area contributed by atoms with Crippen LogP contribution in [0.2, 0.25) is 0 Å². The van der Waals surface area contributed by atoms with Crippen LogP contribution < -0.4 is 0 Å². The number of hydrogen-bond acceptors (Lipinski definition) is 7. The lowest BCUT2D eigenvalue weighted by molar-refractivity contribution is -0.150. The first kappa shape index (κ1) is 49.3. The lowest BCUT2D eigenvalue weighted by Crippen LogP contribution is -2.20. The molecule has 0 atom stereocenters. The molecule has 0 aromatic rings. The number of ether oxygens (including phenoxy) is 5. The molecule has 0 saturated heterocycles. The summed E-state index contributed by atoms with van der Waals surface area (Å²) in [7, 11) is 4.11. The van der Waals surface area contributed by atoms with Crippen molar-refractivity contribution in [1.29, 1.82) is 0 Å². The van der Waals surface area contributed by atoms with E-state index in [2.05, 4.69) is 46.7 Å². The summed E-state index contributed by atoms with van der Waals surface area (Å²) in [6.45, 7) is 13.1. The normalized spacial score (nSPS) is 12.0. The monoisotopic (exact) mass is 714 g/mol. The smallest absolute Gasteiger partial charge is 0.306 e. The van der Waals surface area contributed by atoms with Crippen LogP contribution >= 0.6 is 0 Å². The fourth-order valence-electron chi connectivity index (χ4n) is 6.17. The highest BCUT2D eigenvalue weighted by atomic mass is 16.7. The van der Waals surface area contributed by atoms with Crippen molar-refractivity contribution in [3.05, 3.63) is 0 Å². The number of carbonyl (C=O) groups excluding carboxylic acids is 1. The molecular weight excluding hydrogens is 626 g/mol. The van der Waals surface area contributed by atoms with E-state index in [1.54, 1.807) is 0 Å². The molecule has 0 heterocycles. The van der Waals surface area contributed by atoms with Crippen LogP contribution in [-0.2, 0) is 28.5 Å². The first-order valence-corrected chi connectivity index (χ1v) is 21.8. The molecule has 0 fully saturated rings. The number of hydrogen-bond donors (Lipinski definition) is 0. The Labute approximate surface area is 312 Å². The minimum atomic E-state index is -0.0470. The van der Waals surface area contributed by atoms with Crippen molar-refractivity contribution in [2.45, 2.75) is 226 Å². The Balaban J connectivity index is 4.50. The molecule has 0 aliphatic heterocycles. The zero-order valence-corrected chi connectivity index (χ0v) is 34.5. The molecule has 7 heteroatoms. The van der Waals surface area contributed by atoms with Gasteiger partial charge in [0.1, 0.15) is 6.10 Å². The van der Waals surface area contributed by atoms with Gasteiger partial charge >= 0.3 is 5.97 Å². The fraction of sp³-hybridized carbons (Fsp3) is 0.977. The van der Waals surface area contributed by atoms with Crippen molar-refractivity contribution in [2.24, 2.45) is 0 Å². The molecule has 0 unspecified atom stereocenters. The lowest BCUT2D eigenvalue weighted by atomic mass is 10.0. The summed E-state index contributed by atoms with van der Waals surface area (Å²) in [4.78, 5) is 14.8. The van der Waals surface area contributed by atoms with Gasteiger partial charge in [-0.2, -0.15) is 0 Å². The molecule has 0 aliphatic rings. The van der Waals surface area contributed by atoms with E-state index >= 15 is 0 Å². The summed E-state index contributed by atoms with van der Waals surface area (Å²) < 4.78 is 30.4. The molecule has 300 valence electrons. The van der Waals surface area contributed by atoms with Gasteiger partial charge in [0.05, 0.1) is 0 Å². The van der Waals surface area contributed by atoms with Crippen molar-refractivity contribution >= 4 is 5.97 Å². The van der Waals surface area contributed by atoms with E-state index in [9.17, 15) is 4.79 Å². The number of nitrogens with zero attached hydrogens (tertiary/aromatic N) is 1. The Morgan fingerprint density at radius 1 is 0.440 bits per heavy atom. The van der Waals surface area contributed by atoms with Crippen molar-refractivity contribution in [3.63, 3.8) is 0 Å². The molecule has 0 aromatic heterocycles. The quantitative estimate of drug-likeness (QED) is 0.0355. The van der Waals surface area contributed by atoms with Gasteiger partial charge in [-0.15, -0.1) is 0 Å². The minimum absolute atomic E-state index is 0.0234. The highest BCUT2D eigenvalue weighted by Gasteiger charge is 2.15. The van der Waals surface area contributed by atoms with Crippen LogP contribution in [0.3, 0.4) is 0 Å². The van der Waals surface area contributed by atoms with Gasteiger partial charge in [0.2, 0.25) is 0 Å². The molecule has 0 N–H and O–H groups in total. The highest BCUT2D eigenvalue weighted by molar-refractivity contribution is 5.69. The van der Waals surface area contributed by atoms with Gasteiger partial charge in [-0.25, -0.2) is 0 Å². The fourth-order valence-corrected chi connectivity index (χ4v) is 6.17. The van der Waals surface area contributed by atoms with Crippen molar-refractivity contribution in [1.82, 2.24) is 4.90 Å². The SMILES string of the molecule is CCCCCOC(CCCCCCCC(CCCCCCCC(OCCCCC)OCCCCC)OC(=O)CCCN(C)C)OCCCCC. The highest BCUT2D eigenvalue weighted by Crippen LogP contribution is 2.19. The van der Waals surface area contributed by atoms with Gasteiger partial charge in [-0.3, -0.25) is 4.79 Å².